The molecule has 0 spiro atoms. The topological polar surface area (TPSA) is 78.7 Å². The third-order valence-corrected chi connectivity index (χ3v) is 7.21. The maximum atomic E-state index is 13.0. The number of non-ortho nitro benzene ring substituents is 1. The Hall–Kier alpha value is -2.75. The van der Waals surface area contributed by atoms with Crippen LogP contribution < -0.4 is 5.32 Å². The van der Waals surface area contributed by atoms with E-state index in [-0.39, 0.29) is 11.6 Å². The van der Waals surface area contributed by atoms with Crippen LogP contribution >= 0.6 is 35.2 Å². The first-order chi connectivity index (χ1) is 14.9. The highest BCUT2D eigenvalue weighted by Gasteiger charge is 2.27. The maximum Gasteiger partial charge on any atom is 0.270 e. The van der Waals surface area contributed by atoms with Gasteiger partial charge in [0.25, 0.3) is 11.6 Å². The van der Waals surface area contributed by atoms with Gasteiger partial charge in [0, 0.05) is 54.9 Å². The monoisotopic (exact) mass is 474 g/mol. The molecule has 0 saturated carbocycles. The van der Waals surface area contributed by atoms with Gasteiger partial charge in [0.1, 0.15) is 4.88 Å². The van der Waals surface area contributed by atoms with Crippen molar-refractivity contribution in [1.82, 2.24) is 15.1 Å². The van der Waals surface area contributed by atoms with E-state index in [0.29, 0.717) is 57.8 Å². The van der Waals surface area contributed by atoms with Crippen molar-refractivity contribution in [3.8, 4) is 0 Å². The van der Waals surface area contributed by atoms with Crippen molar-refractivity contribution in [2.45, 2.75) is 6.54 Å². The van der Waals surface area contributed by atoms with Crippen molar-refractivity contribution in [2.75, 3.05) is 26.2 Å². The van der Waals surface area contributed by atoms with Gasteiger partial charge in [-0.3, -0.25) is 14.9 Å². The van der Waals surface area contributed by atoms with E-state index >= 15 is 0 Å². The molecule has 0 aliphatic carbocycles. The number of nitro groups is 1. The van der Waals surface area contributed by atoms with Crippen molar-refractivity contribution < 1.29 is 9.72 Å². The number of rotatable bonds is 4. The fraction of sp³-hybridized carbons (Fsp3) is 0.238. The Morgan fingerprint density at radius 1 is 1.13 bits per heavy atom. The highest BCUT2D eigenvalue weighted by atomic mass is 35.5. The summed E-state index contributed by atoms with van der Waals surface area (Å²) >= 11 is 13.1. The molecule has 2 heterocycles. The number of carbonyl (C=O) groups is 1. The molecule has 1 saturated heterocycles. The lowest BCUT2D eigenvalue weighted by Gasteiger charge is -2.36. The van der Waals surface area contributed by atoms with E-state index in [2.05, 4.69) is 10.2 Å². The summed E-state index contributed by atoms with van der Waals surface area (Å²) in [6.07, 6.45) is 0. The van der Waals surface area contributed by atoms with Crippen LogP contribution in [0.3, 0.4) is 0 Å². The lowest BCUT2D eigenvalue weighted by molar-refractivity contribution is -0.384. The predicted octanol–water partition coefficient (Wildman–Crippen LogP) is 4.30. The van der Waals surface area contributed by atoms with E-state index in [4.69, 9.17) is 23.8 Å². The van der Waals surface area contributed by atoms with E-state index in [1.165, 1.54) is 23.5 Å². The average Bonchev–Trinajstić information content (AvgIpc) is 3.13. The van der Waals surface area contributed by atoms with Crippen molar-refractivity contribution in [2.24, 2.45) is 0 Å². The minimum absolute atomic E-state index is 0.0189. The van der Waals surface area contributed by atoms with E-state index in [1.54, 1.807) is 11.0 Å². The summed E-state index contributed by atoms with van der Waals surface area (Å²) in [5, 5.41) is 16.0. The second-order valence-corrected chi connectivity index (χ2v) is 8.92. The first-order valence-electron chi connectivity index (χ1n) is 9.66. The lowest BCUT2D eigenvalue weighted by atomic mass is 10.2. The Balaban J connectivity index is 1.38. The fourth-order valence-corrected chi connectivity index (χ4v) is 5.21. The summed E-state index contributed by atoms with van der Waals surface area (Å²) in [5.74, 6) is -0.156. The number of nitrogens with one attached hydrogen (secondary N) is 1. The molecule has 4 rings (SSSR count). The van der Waals surface area contributed by atoms with Gasteiger partial charge in [0.2, 0.25) is 0 Å². The second kappa shape index (κ2) is 9.17. The molecule has 1 fully saturated rings. The molecule has 3 aromatic rings. The predicted molar refractivity (Wildman–Crippen MR) is 127 cm³/mol. The number of thiocarbonyl (C=S) groups is 1. The summed E-state index contributed by atoms with van der Waals surface area (Å²) < 4.78 is 0.632. The molecule has 0 atom stereocenters. The molecule has 1 aliphatic heterocycles. The van der Waals surface area contributed by atoms with E-state index in [0.717, 1.165) is 5.56 Å². The molecule has 1 amide bonds. The van der Waals surface area contributed by atoms with Crippen LogP contribution in [-0.4, -0.2) is 51.9 Å². The van der Waals surface area contributed by atoms with Crippen LogP contribution in [-0.2, 0) is 6.54 Å². The average molecular weight is 475 g/mol. The zero-order chi connectivity index (χ0) is 22.0. The van der Waals surface area contributed by atoms with Gasteiger partial charge in [-0.1, -0.05) is 41.9 Å². The van der Waals surface area contributed by atoms with Gasteiger partial charge in [-0.05, 0) is 23.8 Å². The molecule has 1 aliphatic rings. The van der Waals surface area contributed by atoms with Gasteiger partial charge in [-0.2, -0.15) is 0 Å². The third kappa shape index (κ3) is 4.63. The molecule has 7 nitrogen and oxygen atoms in total. The number of benzene rings is 2. The molecule has 31 heavy (non-hydrogen) atoms. The molecule has 1 N–H and O–H groups in total. The fourth-order valence-electron chi connectivity index (χ4n) is 3.45. The third-order valence-electron chi connectivity index (χ3n) is 5.16. The molecule has 160 valence electrons. The molecule has 0 bridgehead atoms. The summed E-state index contributed by atoms with van der Waals surface area (Å²) in [6.45, 7) is 2.95. The lowest BCUT2D eigenvalue weighted by Crippen LogP contribution is -2.52. The van der Waals surface area contributed by atoms with Crippen molar-refractivity contribution in [1.29, 1.82) is 0 Å². The van der Waals surface area contributed by atoms with Crippen molar-refractivity contribution in [3.05, 3.63) is 74.1 Å². The number of amides is 1. The number of carbonyl (C=O) groups excluding carboxylic acids is 1. The number of hydrogen-bond acceptors (Lipinski definition) is 5. The van der Waals surface area contributed by atoms with E-state index in [1.807, 2.05) is 30.3 Å². The quantitative estimate of drug-likeness (QED) is 0.345. The normalized spacial score (nSPS) is 14.0. The smallest absolute Gasteiger partial charge is 0.270 e. The van der Waals surface area contributed by atoms with Gasteiger partial charge < -0.3 is 15.1 Å². The Morgan fingerprint density at radius 2 is 1.81 bits per heavy atom. The summed E-state index contributed by atoms with van der Waals surface area (Å²) in [7, 11) is 0. The van der Waals surface area contributed by atoms with Gasteiger partial charge in [-0.25, -0.2) is 0 Å². The Morgan fingerprint density at radius 3 is 2.48 bits per heavy atom. The van der Waals surface area contributed by atoms with E-state index in [9.17, 15) is 14.9 Å². The van der Waals surface area contributed by atoms with Gasteiger partial charge in [0.15, 0.2) is 5.11 Å². The molecule has 0 radical (unpaired) electrons. The highest BCUT2D eigenvalue weighted by Crippen LogP contribution is 2.38. The zero-order valence-corrected chi connectivity index (χ0v) is 18.8. The minimum atomic E-state index is -0.456. The Kier molecular flexibility index (Phi) is 6.35. The summed E-state index contributed by atoms with van der Waals surface area (Å²) in [5.41, 5.74) is 1.13. The number of piperazine rings is 1. The first-order valence-corrected chi connectivity index (χ1v) is 11.3. The Labute approximate surface area is 193 Å². The number of thiophene rings is 1. The molecule has 10 heteroatoms. The number of halogens is 1. The van der Waals surface area contributed by atoms with Crippen molar-refractivity contribution >= 4 is 61.9 Å². The highest BCUT2D eigenvalue weighted by molar-refractivity contribution is 7.80. The van der Waals surface area contributed by atoms with Crippen molar-refractivity contribution in [3.63, 3.8) is 0 Å². The number of hydrogen-bond donors (Lipinski definition) is 1. The number of nitrogens with zero attached hydrogens (tertiary/aromatic N) is 3. The SMILES string of the molecule is O=C(c1sc2cc([N+](=O)[O-])ccc2c1Cl)N1CCN(C(=S)NCc2ccccc2)CC1. The Bertz CT molecular complexity index is 1140. The van der Waals surface area contributed by atoms with E-state index < -0.39 is 4.92 Å². The van der Waals surface area contributed by atoms with Crippen LogP contribution in [0.2, 0.25) is 5.02 Å². The zero-order valence-electron chi connectivity index (χ0n) is 16.4. The largest absolute Gasteiger partial charge is 0.358 e. The second-order valence-electron chi connectivity index (χ2n) is 7.11. The minimum Gasteiger partial charge on any atom is -0.358 e. The summed E-state index contributed by atoms with van der Waals surface area (Å²) in [6, 6.07) is 14.5. The van der Waals surface area contributed by atoms with Gasteiger partial charge in [0.05, 0.1) is 9.95 Å². The van der Waals surface area contributed by atoms with Crippen LogP contribution in [0.25, 0.3) is 10.1 Å². The maximum absolute atomic E-state index is 13.0. The number of fused-ring (bicyclic) bond motifs is 1. The van der Waals surface area contributed by atoms with Crippen LogP contribution in [0.15, 0.2) is 48.5 Å². The molecule has 1 aromatic heterocycles. The summed E-state index contributed by atoms with van der Waals surface area (Å²) in [4.78, 5) is 27.8. The molecule has 2 aromatic carbocycles. The molecule has 0 unspecified atom stereocenters. The van der Waals surface area contributed by atoms with Crippen LogP contribution in [0.5, 0.6) is 0 Å². The van der Waals surface area contributed by atoms with Crippen LogP contribution in [0.1, 0.15) is 15.2 Å². The first kappa shape index (κ1) is 21.5. The standard InChI is InChI=1S/C21H19ClN4O3S2/c22-18-16-7-6-15(26(28)29)12-17(16)31-19(18)20(27)24-8-10-25(11-9-24)21(30)23-13-14-4-2-1-3-5-14/h1-7,12H,8-11,13H2,(H,23,30). The molecular weight excluding hydrogens is 456 g/mol. The van der Waals surface area contributed by atoms with Gasteiger partial charge in [-0.15, -0.1) is 11.3 Å². The molecular formula is C21H19ClN4O3S2. The van der Waals surface area contributed by atoms with Gasteiger partial charge >= 0.3 is 0 Å². The van der Waals surface area contributed by atoms with Crippen LogP contribution in [0, 0.1) is 10.1 Å². The van der Waals surface area contributed by atoms with Crippen LogP contribution in [0.4, 0.5) is 5.69 Å². The number of nitro benzene ring substituents is 1.